The second-order valence-electron chi connectivity index (χ2n) is 6.93. The number of hydrogen-bond acceptors (Lipinski definition) is 6. The molecule has 149 valence electrons. The standard InChI is InChI=1S/C22H19ClN7/c23-18-13-25-22(28-21(18)26-15-4-2-1-3-5-15)27-16-6-7-19-17(12-16)20(30-29-19)14-8-10-24-11-9-14/h1-4,6-8,12-13,24H,9-11H2,(H,29,30)(H2,25,26,27,28). The molecule has 8 heteroatoms. The molecule has 0 amide bonds. The highest BCUT2D eigenvalue weighted by atomic mass is 35.5. The van der Waals surface area contributed by atoms with Crippen LogP contribution in [0, 0.1) is 6.07 Å². The van der Waals surface area contributed by atoms with Crippen molar-refractivity contribution in [1.82, 2.24) is 25.5 Å². The van der Waals surface area contributed by atoms with E-state index in [0.29, 0.717) is 16.8 Å². The summed E-state index contributed by atoms with van der Waals surface area (Å²) in [5.41, 5.74) is 4.90. The number of para-hydroxylation sites is 1. The van der Waals surface area contributed by atoms with Crippen LogP contribution in [0.3, 0.4) is 0 Å². The maximum absolute atomic E-state index is 6.27. The maximum Gasteiger partial charge on any atom is 0.229 e. The minimum atomic E-state index is 0.434. The van der Waals surface area contributed by atoms with E-state index in [1.165, 1.54) is 5.57 Å². The van der Waals surface area contributed by atoms with Gasteiger partial charge in [-0.3, -0.25) is 5.10 Å². The Balaban J connectivity index is 1.43. The van der Waals surface area contributed by atoms with Gasteiger partial charge in [-0.25, -0.2) is 4.98 Å². The number of benzene rings is 2. The van der Waals surface area contributed by atoms with Crippen molar-refractivity contribution in [3.05, 3.63) is 71.5 Å². The van der Waals surface area contributed by atoms with Crippen molar-refractivity contribution >= 4 is 51.2 Å². The zero-order valence-electron chi connectivity index (χ0n) is 16.0. The number of hydrogen-bond donors (Lipinski definition) is 4. The molecule has 0 aliphatic carbocycles. The summed E-state index contributed by atoms with van der Waals surface area (Å²) in [5, 5.41) is 18.9. The van der Waals surface area contributed by atoms with Gasteiger partial charge in [0.2, 0.25) is 5.95 Å². The van der Waals surface area contributed by atoms with Crippen molar-refractivity contribution in [3.8, 4) is 0 Å². The molecular formula is C22H19ClN7. The Morgan fingerprint density at radius 2 is 2.10 bits per heavy atom. The molecule has 0 fully saturated rings. The number of anilines is 4. The van der Waals surface area contributed by atoms with Gasteiger partial charge >= 0.3 is 0 Å². The molecule has 4 N–H and O–H groups in total. The van der Waals surface area contributed by atoms with Crippen molar-refractivity contribution in [2.75, 3.05) is 23.7 Å². The van der Waals surface area contributed by atoms with Gasteiger partial charge in [0.05, 0.1) is 17.4 Å². The van der Waals surface area contributed by atoms with Crippen LogP contribution in [0.4, 0.5) is 23.1 Å². The fraction of sp³-hybridized carbons (Fsp3) is 0.136. The maximum atomic E-state index is 6.27. The van der Waals surface area contributed by atoms with Crippen molar-refractivity contribution < 1.29 is 0 Å². The van der Waals surface area contributed by atoms with Gasteiger partial charge in [0.25, 0.3) is 0 Å². The molecule has 0 unspecified atom stereocenters. The first-order valence-electron chi connectivity index (χ1n) is 9.68. The summed E-state index contributed by atoms with van der Waals surface area (Å²) in [6.45, 7) is 1.83. The third kappa shape index (κ3) is 3.85. The summed E-state index contributed by atoms with van der Waals surface area (Å²) >= 11 is 6.27. The molecular weight excluding hydrogens is 398 g/mol. The van der Waals surface area contributed by atoms with Crippen molar-refractivity contribution in [2.45, 2.75) is 6.42 Å². The highest BCUT2D eigenvalue weighted by Gasteiger charge is 2.14. The largest absolute Gasteiger partial charge is 0.338 e. The molecule has 0 atom stereocenters. The molecule has 4 aromatic rings. The quantitative estimate of drug-likeness (QED) is 0.378. The number of H-pyrrole nitrogens is 1. The van der Waals surface area contributed by atoms with Crippen LogP contribution in [-0.2, 0) is 0 Å². The highest BCUT2D eigenvalue weighted by Crippen LogP contribution is 2.29. The molecule has 1 radical (unpaired) electrons. The van der Waals surface area contributed by atoms with Crippen LogP contribution in [0.2, 0.25) is 5.02 Å². The smallest absolute Gasteiger partial charge is 0.229 e. The Kier molecular flexibility index (Phi) is 5.04. The van der Waals surface area contributed by atoms with E-state index in [9.17, 15) is 0 Å². The fourth-order valence-corrected chi connectivity index (χ4v) is 3.56. The predicted molar refractivity (Wildman–Crippen MR) is 120 cm³/mol. The van der Waals surface area contributed by atoms with Gasteiger partial charge in [-0.15, -0.1) is 0 Å². The summed E-state index contributed by atoms with van der Waals surface area (Å²) in [6.07, 6.45) is 4.73. The normalized spacial score (nSPS) is 13.8. The lowest BCUT2D eigenvalue weighted by Gasteiger charge is -2.12. The summed E-state index contributed by atoms with van der Waals surface area (Å²) in [5.74, 6) is 0.963. The van der Waals surface area contributed by atoms with Crippen LogP contribution in [0.25, 0.3) is 16.5 Å². The van der Waals surface area contributed by atoms with Crippen molar-refractivity contribution in [1.29, 1.82) is 0 Å². The fourth-order valence-electron chi connectivity index (χ4n) is 3.42. The molecule has 0 saturated carbocycles. The monoisotopic (exact) mass is 416 g/mol. The van der Waals surface area contributed by atoms with Gasteiger partial charge in [-0.1, -0.05) is 35.9 Å². The number of aromatic nitrogens is 4. The first-order valence-corrected chi connectivity index (χ1v) is 10.1. The summed E-state index contributed by atoms with van der Waals surface area (Å²) in [4.78, 5) is 8.82. The van der Waals surface area contributed by atoms with Crippen LogP contribution in [0.1, 0.15) is 12.1 Å². The molecule has 2 aromatic heterocycles. The lowest BCUT2D eigenvalue weighted by atomic mass is 10.0. The Morgan fingerprint density at radius 1 is 1.13 bits per heavy atom. The molecule has 3 heterocycles. The number of halogens is 1. The zero-order valence-corrected chi connectivity index (χ0v) is 16.8. The Labute approximate surface area is 178 Å². The molecule has 0 bridgehead atoms. The topological polar surface area (TPSA) is 90.5 Å². The second kappa shape index (κ2) is 8.14. The van der Waals surface area contributed by atoms with E-state index >= 15 is 0 Å². The molecule has 7 nitrogen and oxygen atoms in total. The van der Waals surface area contributed by atoms with E-state index < -0.39 is 0 Å². The second-order valence-corrected chi connectivity index (χ2v) is 7.34. The van der Waals surface area contributed by atoms with E-state index in [4.69, 9.17) is 11.6 Å². The molecule has 0 saturated heterocycles. The SMILES string of the molecule is Clc1cnc(Nc2ccc3[nH]nc(C4=CCNCC4)c3c2)nc1Nc1[c]cccc1. The van der Waals surface area contributed by atoms with Gasteiger partial charge < -0.3 is 16.0 Å². The van der Waals surface area contributed by atoms with Crippen molar-refractivity contribution in [3.63, 3.8) is 0 Å². The van der Waals surface area contributed by atoms with Crippen LogP contribution < -0.4 is 16.0 Å². The van der Waals surface area contributed by atoms with Crippen LogP contribution in [-0.4, -0.2) is 33.3 Å². The van der Waals surface area contributed by atoms with Crippen LogP contribution >= 0.6 is 11.6 Å². The first-order chi connectivity index (χ1) is 14.8. The van der Waals surface area contributed by atoms with Gasteiger partial charge in [-0.05, 0) is 42.8 Å². The number of nitrogens with zero attached hydrogens (tertiary/aromatic N) is 3. The minimum absolute atomic E-state index is 0.434. The number of rotatable bonds is 5. The summed E-state index contributed by atoms with van der Waals surface area (Å²) in [7, 11) is 0. The molecule has 1 aliphatic rings. The first kappa shape index (κ1) is 18.6. The Hall–Kier alpha value is -3.42. The number of fused-ring (bicyclic) bond motifs is 1. The van der Waals surface area contributed by atoms with E-state index in [1.807, 2.05) is 36.4 Å². The Bertz CT molecular complexity index is 1220. The molecule has 1 aliphatic heterocycles. The summed E-state index contributed by atoms with van der Waals surface area (Å²) in [6, 6.07) is 16.7. The van der Waals surface area contributed by atoms with Gasteiger partial charge in [0.15, 0.2) is 5.82 Å². The third-order valence-corrected chi connectivity index (χ3v) is 5.17. The van der Waals surface area contributed by atoms with E-state index in [2.05, 4.69) is 54.3 Å². The van der Waals surface area contributed by atoms with Gasteiger partial charge in [0, 0.05) is 29.4 Å². The molecule has 0 spiro atoms. The van der Waals surface area contributed by atoms with Crippen molar-refractivity contribution in [2.24, 2.45) is 0 Å². The molecule has 5 rings (SSSR count). The highest BCUT2D eigenvalue weighted by molar-refractivity contribution is 6.32. The number of nitrogens with one attached hydrogen (secondary N) is 4. The molecule has 30 heavy (non-hydrogen) atoms. The number of aromatic amines is 1. The van der Waals surface area contributed by atoms with Crippen LogP contribution in [0.15, 0.2) is 54.7 Å². The summed E-state index contributed by atoms with van der Waals surface area (Å²) < 4.78 is 0. The lowest BCUT2D eigenvalue weighted by Crippen LogP contribution is -2.20. The average molecular weight is 417 g/mol. The molecule has 2 aromatic carbocycles. The predicted octanol–water partition coefficient (Wildman–Crippen LogP) is 4.67. The zero-order chi connectivity index (χ0) is 20.3. The van der Waals surface area contributed by atoms with Gasteiger partial charge in [0.1, 0.15) is 5.02 Å². The lowest BCUT2D eigenvalue weighted by molar-refractivity contribution is 0.737. The van der Waals surface area contributed by atoms with Crippen LogP contribution in [0.5, 0.6) is 0 Å². The van der Waals surface area contributed by atoms with Gasteiger partial charge in [-0.2, -0.15) is 10.1 Å². The van der Waals surface area contributed by atoms with E-state index in [1.54, 1.807) is 6.20 Å². The Morgan fingerprint density at radius 3 is 2.93 bits per heavy atom. The van der Waals surface area contributed by atoms with E-state index in [-0.39, 0.29) is 0 Å². The van der Waals surface area contributed by atoms with E-state index in [0.717, 1.165) is 47.5 Å². The average Bonchev–Trinajstić information content (AvgIpc) is 3.21. The minimum Gasteiger partial charge on any atom is -0.338 e. The third-order valence-electron chi connectivity index (χ3n) is 4.89.